The summed E-state index contributed by atoms with van der Waals surface area (Å²) < 4.78 is 45.4. The van der Waals surface area contributed by atoms with E-state index in [2.05, 4.69) is 31.8 Å². The van der Waals surface area contributed by atoms with Crippen molar-refractivity contribution in [3.63, 3.8) is 0 Å². The van der Waals surface area contributed by atoms with Crippen LogP contribution in [-0.2, 0) is 11.6 Å². The van der Waals surface area contributed by atoms with Crippen LogP contribution in [0.15, 0.2) is 85.2 Å². The number of nitrogens with zero attached hydrogens (tertiary/aromatic N) is 5. The van der Waals surface area contributed by atoms with E-state index >= 15 is 0 Å². The molecule has 0 unspecified atom stereocenters. The Hall–Kier alpha value is -5.77. The molecule has 0 bridgehead atoms. The summed E-state index contributed by atoms with van der Waals surface area (Å²) in [6.45, 7) is 0. The van der Waals surface area contributed by atoms with Crippen LogP contribution in [0.1, 0.15) is 44.8 Å². The summed E-state index contributed by atoms with van der Waals surface area (Å²) in [7, 11) is 0. The van der Waals surface area contributed by atoms with Crippen LogP contribution in [0.3, 0.4) is 0 Å². The predicted molar refractivity (Wildman–Crippen MR) is 148 cm³/mol. The van der Waals surface area contributed by atoms with E-state index in [9.17, 15) is 28.0 Å². The summed E-state index contributed by atoms with van der Waals surface area (Å²) in [6, 6.07) is 21.0. The molecule has 2 aromatic carbocycles. The number of nitriles is 1. The number of rotatable bonds is 7. The molecule has 1 aliphatic carbocycles. The van der Waals surface area contributed by atoms with Crippen molar-refractivity contribution in [3.8, 4) is 17.7 Å². The molecule has 0 atom stereocenters. The van der Waals surface area contributed by atoms with Crippen LogP contribution in [0, 0.1) is 11.3 Å². The standard InChI is InChI=1S/C30H20F3N7O3/c31-30(32,33)23-8-7-19(15-35-23)28(42)38-24-16-40-25(37-24)9-10-26(39-40)43-22-6-2-5-21(14-22)36-27(41)18-3-1-4-20(13-18)29(17-34)11-12-29/h1-10,13-16H,11-12H2,(H,36,41)(H,38,42). The molecule has 3 aromatic heterocycles. The van der Waals surface area contributed by atoms with Gasteiger partial charge in [0, 0.05) is 29.6 Å². The number of nitrogens with one attached hydrogen (secondary N) is 2. The Bertz CT molecular complexity index is 1910. The summed E-state index contributed by atoms with van der Waals surface area (Å²) in [6.07, 6.45) is -0.792. The van der Waals surface area contributed by atoms with Gasteiger partial charge in [0.1, 0.15) is 11.4 Å². The SMILES string of the molecule is N#CC1(c2cccc(C(=O)Nc3cccc(Oc4ccc5nc(NC(=O)c6ccc(C(F)(F)F)nc6)cn5n4)c3)c2)CC1. The van der Waals surface area contributed by atoms with E-state index in [0.29, 0.717) is 22.6 Å². The normalized spacial score (nSPS) is 13.6. The third kappa shape index (κ3) is 5.84. The van der Waals surface area contributed by atoms with Crippen molar-refractivity contribution in [3.05, 3.63) is 108 Å². The number of benzene rings is 2. The van der Waals surface area contributed by atoms with E-state index in [0.717, 1.165) is 36.7 Å². The molecule has 3 heterocycles. The Kier molecular flexibility index (Phi) is 6.73. The molecule has 0 aliphatic heterocycles. The van der Waals surface area contributed by atoms with E-state index in [-0.39, 0.29) is 23.2 Å². The highest BCUT2D eigenvalue weighted by atomic mass is 19.4. The van der Waals surface area contributed by atoms with E-state index in [4.69, 9.17) is 4.74 Å². The number of ether oxygens (including phenoxy) is 1. The van der Waals surface area contributed by atoms with Crippen LogP contribution in [-0.4, -0.2) is 31.4 Å². The van der Waals surface area contributed by atoms with Gasteiger partial charge in [-0.15, -0.1) is 5.10 Å². The number of alkyl halides is 3. The van der Waals surface area contributed by atoms with Crippen LogP contribution >= 0.6 is 0 Å². The highest BCUT2D eigenvalue weighted by molar-refractivity contribution is 6.04. The maximum atomic E-state index is 12.9. The van der Waals surface area contributed by atoms with Gasteiger partial charge in [0.15, 0.2) is 11.5 Å². The van der Waals surface area contributed by atoms with E-state index in [1.807, 2.05) is 6.07 Å². The molecule has 10 nitrogen and oxygen atoms in total. The third-order valence-corrected chi connectivity index (χ3v) is 6.81. The number of fused-ring (bicyclic) bond motifs is 1. The molecule has 5 aromatic rings. The number of carbonyl (C=O) groups excluding carboxylic acids is 2. The largest absolute Gasteiger partial charge is 0.438 e. The molecule has 0 saturated heterocycles. The number of carbonyl (C=O) groups is 2. The minimum atomic E-state index is -4.61. The van der Waals surface area contributed by atoms with E-state index < -0.39 is 23.2 Å². The molecule has 2 N–H and O–H groups in total. The zero-order valence-electron chi connectivity index (χ0n) is 22.1. The summed E-state index contributed by atoms with van der Waals surface area (Å²) >= 11 is 0. The molecule has 214 valence electrons. The number of anilines is 2. The fourth-order valence-electron chi connectivity index (χ4n) is 4.37. The van der Waals surface area contributed by atoms with E-state index in [1.165, 1.54) is 10.7 Å². The van der Waals surface area contributed by atoms with Crippen LogP contribution < -0.4 is 15.4 Å². The fraction of sp³-hybridized carbons (Fsp3) is 0.133. The van der Waals surface area contributed by atoms with Gasteiger partial charge in [-0.3, -0.25) is 14.6 Å². The number of pyridine rings is 1. The number of imidazole rings is 1. The third-order valence-electron chi connectivity index (χ3n) is 6.81. The average molecular weight is 584 g/mol. The Balaban J connectivity index is 1.12. The van der Waals surface area contributed by atoms with Crippen molar-refractivity contribution in [1.82, 2.24) is 19.6 Å². The number of halogens is 3. The molecule has 2 amide bonds. The number of hydrogen-bond donors (Lipinski definition) is 2. The monoisotopic (exact) mass is 583 g/mol. The minimum Gasteiger partial charge on any atom is -0.438 e. The summed E-state index contributed by atoms with van der Waals surface area (Å²) in [5.41, 5.74) is 0.463. The zero-order valence-corrected chi connectivity index (χ0v) is 22.1. The first-order valence-corrected chi connectivity index (χ1v) is 12.9. The molecule has 43 heavy (non-hydrogen) atoms. The summed E-state index contributed by atoms with van der Waals surface area (Å²) in [5.74, 6) is -0.317. The zero-order chi connectivity index (χ0) is 30.2. The quantitative estimate of drug-likeness (QED) is 0.240. The van der Waals surface area contributed by atoms with Crippen molar-refractivity contribution in [2.24, 2.45) is 0 Å². The second-order valence-corrected chi connectivity index (χ2v) is 9.84. The van der Waals surface area contributed by atoms with Crippen LogP contribution in [0.2, 0.25) is 0 Å². The predicted octanol–water partition coefficient (Wildman–Crippen LogP) is 6.00. The maximum Gasteiger partial charge on any atom is 0.433 e. The van der Waals surface area contributed by atoms with Crippen molar-refractivity contribution in [1.29, 1.82) is 5.26 Å². The lowest BCUT2D eigenvalue weighted by Crippen LogP contribution is -2.14. The maximum absolute atomic E-state index is 12.9. The van der Waals surface area contributed by atoms with Crippen LogP contribution in [0.25, 0.3) is 5.65 Å². The molecule has 1 fully saturated rings. The summed E-state index contributed by atoms with van der Waals surface area (Å²) in [5, 5.41) is 19.1. The van der Waals surface area contributed by atoms with Crippen LogP contribution in [0.4, 0.5) is 24.7 Å². The van der Waals surface area contributed by atoms with Crippen molar-refractivity contribution in [2.75, 3.05) is 10.6 Å². The van der Waals surface area contributed by atoms with Crippen molar-refractivity contribution in [2.45, 2.75) is 24.4 Å². The molecule has 0 radical (unpaired) electrons. The molecular weight excluding hydrogens is 563 g/mol. The first-order valence-electron chi connectivity index (χ1n) is 12.9. The lowest BCUT2D eigenvalue weighted by atomic mass is 9.96. The van der Waals surface area contributed by atoms with E-state index in [1.54, 1.807) is 54.6 Å². The Morgan fingerprint density at radius 1 is 0.953 bits per heavy atom. The molecule has 1 aliphatic rings. The van der Waals surface area contributed by atoms with Gasteiger partial charge in [0.2, 0.25) is 5.88 Å². The van der Waals surface area contributed by atoms with Gasteiger partial charge in [0.05, 0.1) is 23.2 Å². The molecule has 0 spiro atoms. The lowest BCUT2D eigenvalue weighted by molar-refractivity contribution is -0.141. The highest BCUT2D eigenvalue weighted by Crippen LogP contribution is 2.47. The van der Waals surface area contributed by atoms with Crippen molar-refractivity contribution >= 4 is 29.0 Å². The van der Waals surface area contributed by atoms with Gasteiger partial charge < -0.3 is 15.4 Å². The molecule has 6 rings (SSSR count). The lowest BCUT2D eigenvalue weighted by Gasteiger charge is -2.11. The smallest absolute Gasteiger partial charge is 0.433 e. The minimum absolute atomic E-state index is 0.0734. The number of amides is 2. The second-order valence-electron chi connectivity index (χ2n) is 9.84. The Morgan fingerprint density at radius 3 is 2.47 bits per heavy atom. The van der Waals surface area contributed by atoms with Crippen molar-refractivity contribution < 1.29 is 27.5 Å². The molecular formula is C30H20F3N7O3. The number of aromatic nitrogens is 4. The Labute approximate surface area is 241 Å². The summed E-state index contributed by atoms with van der Waals surface area (Å²) in [4.78, 5) is 32.9. The Morgan fingerprint density at radius 2 is 1.74 bits per heavy atom. The van der Waals surface area contributed by atoms with Gasteiger partial charge >= 0.3 is 6.18 Å². The molecule has 1 saturated carbocycles. The van der Waals surface area contributed by atoms with Gasteiger partial charge in [-0.25, -0.2) is 9.50 Å². The average Bonchev–Trinajstić information content (AvgIpc) is 3.70. The fourth-order valence-corrected chi connectivity index (χ4v) is 4.37. The number of hydrogen-bond acceptors (Lipinski definition) is 7. The van der Waals surface area contributed by atoms with Gasteiger partial charge in [-0.05, 0) is 60.9 Å². The first kappa shape index (κ1) is 27.4. The van der Waals surface area contributed by atoms with Gasteiger partial charge in [0.25, 0.3) is 11.8 Å². The second kappa shape index (κ2) is 10.6. The van der Waals surface area contributed by atoms with Gasteiger partial charge in [-0.1, -0.05) is 18.2 Å². The van der Waals surface area contributed by atoms with Gasteiger partial charge in [-0.2, -0.15) is 18.4 Å². The topological polar surface area (TPSA) is 134 Å². The highest BCUT2D eigenvalue weighted by Gasteiger charge is 2.45. The first-order chi connectivity index (χ1) is 20.6. The molecule has 13 heteroatoms. The van der Waals surface area contributed by atoms with Crippen LogP contribution in [0.5, 0.6) is 11.6 Å².